The van der Waals surface area contributed by atoms with Crippen LogP contribution in [0.4, 0.5) is 0 Å². The number of esters is 2. The topological polar surface area (TPSA) is 72.8 Å². The smallest absolute Gasteiger partial charge is 0.312 e. The van der Waals surface area contributed by atoms with Crippen LogP contribution in [-0.2, 0) is 19.1 Å². The first-order valence-electron chi connectivity index (χ1n) is 15.3. The zero-order valence-corrected chi connectivity index (χ0v) is 25.4. The van der Waals surface area contributed by atoms with E-state index in [1.54, 1.807) is 0 Å². The zero-order chi connectivity index (χ0) is 28.1. The summed E-state index contributed by atoms with van der Waals surface area (Å²) < 4.78 is 11.3. The van der Waals surface area contributed by atoms with Gasteiger partial charge in [0.25, 0.3) is 0 Å². The van der Waals surface area contributed by atoms with Crippen LogP contribution in [0.25, 0.3) is 0 Å². The Labute approximate surface area is 230 Å². The summed E-state index contributed by atoms with van der Waals surface area (Å²) in [6, 6.07) is 0. The Kier molecular flexibility index (Phi) is 6.54. The summed E-state index contributed by atoms with van der Waals surface area (Å²) in [5.74, 6) is 1.59. The Morgan fingerprint density at radius 2 is 1.66 bits per heavy atom. The predicted octanol–water partition coefficient (Wildman–Crippen LogP) is 6.72. The van der Waals surface area contributed by atoms with Gasteiger partial charge in [-0.1, -0.05) is 60.1 Å². The highest BCUT2D eigenvalue weighted by atomic mass is 16.5. The second kappa shape index (κ2) is 8.82. The van der Waals surface area contributed by atoms with E-state index in [2.05, 4.69) is 54.5 Å². The zero-order valence-electron chi connectivity index (χ0n) is 25.4. The minimum Gasteiger partial charge on any atom is -0.469 e. The highest BCUT2D eigenvalue weighted by molar-refractivity contribution is 5.79. The van der Waals surface area contributed by atoms with E-state index in [0.29, 0.717) is 30.1 Å². The number of carbonyl (C=O) groups excluding carboxylic acids is 2. The van der Waals surface area contributed by atoms with Crippen LogP contribution in [0.5, 0.6) is 0 Å². The van der Waals surface area contributed by atoms with Crippen LogP contribution in [-0.4, -0.2) is 36.4 Å². The molecule has 5 rings (SSSR count). The Balaban J connectivity index is 1.60. The lowest BCUT2D eigenvalue weighted by atomic mass is 9.33. The highest BCUT2D eigenvalue weighted by Crippen LogP contribution is 2.75. The molecule has 0 radical (unpaired) electrons. The summed E-state index contributed by atoms with van der Waals surface area (Å²) in [7, 11) is 1.51. The number of rotatable bonds is 2. The minimum absolute atomic E-state index is 0.0433. The van der Waals surface area contributed by atoms with E-state index in [4.69, 9.17) is 9.47 Å². The third-order valence-electron chi connectivity index (χ3n) is 13.9. The van der Waals surface area contributed by atoms with Gasteiger partial charge in [-0.2, -0.15) is 0 Å². The van der Waals surface area contributed by atoms with Crippen LogP contribution < -0.4 is 0 Å². The van der Waals surface area contributed by atoms with Gasteiger partial charge >= 0.3 is 11.9 Å². The van der Waals surface area contributed by atoms with Crippen molar-refractivity contribution in [1.29, 1.82) is 0 Å². The van der Waals surface area contributed by atoms with Crippen LogP contribution >= 0.6 is 0 Å². The van der Waals surface area contributed by atoms with E-state index in [9.17, 15) is 14.7 Å². The monoisotopic (exact) mass is 528 g/mol. The molecule has 38 heavy (non-hydrogen) atoms. The van der Waals surface area contributed by atoms with E-state index in [1.807, 2.05) is 0 Å². The van der Waals surface area contributed by atoms with Gasteiger partial charge in [0.15, 0.2) is 0 Å². The summed E-state index contributed by atoms with van der Waals surface area (Å²) in [5.41, 5.74) is 0.265. The Morgan fingerprint density at radius 3 is 2.29 bits per heavy atom. The Morgan fingerprint density at radius 1 is 0.974 bits per heavy atom. The second-order valence-corrected chi connectivity index (χ2v) is 15.3. The van der Waals surface area contributed by atoms with Gasteiger partial charge in [-0.15, -0.1) is 0 Å². The molecular weight excluding hydrogens is 476 g/mol. The van der Waals surface area contributed by atoms with Gasteiger partial charge in [0.1, 0.15) is 6.10 Å². The number of hydrogen-bond acceptors (Lipinski definition) is 5. The molecule has 5 heteroatoms. The summed E-state index contributed by atoms with van der Waals surface area (Å²) in [5, 5.41) is 12.2. The van der Waals surface area contributed by atoms with E-state index in [1.165, 1.54) is 19.6 Å². The van der Waals surface area contributed by atoms with Crippen LogP contribution in [0.15, 0.2) is 11.6 Å². The molecule has 0 aliphatic heterocycles. The maximum Gasteiger partial charge on any atom is 0.312 e. The van der Waals surface area contributed by atoms with Crippen LogP contribution in [0.1, 0.15) is 107 Å². The largest absolute Gasteiger partial charge is 0.469 e. The van der Waals surface area contributed by atoms with Crippen molar-refractivity contribution in [3.05, 3.63) is 11.6 Å². The summed E-state index contributed by atoms with van der Waals surface area (Å²) in [6.07, 6.45) is 9.19. The van der Waals surface area contributed by atoms with Gasteiger partial charge in [0, 0.05) is 17.8 Å². The van der Waals surface area contributed by atoms with E-state index < -0.39 is 11.5 Å². The molecule has 0 amide bonds. The fraction of sp³-hybridized carbons (Fsp3) is 0.879. The number of ether oxygens (including phenoxy) is 2. The first-order chi connectivity index (χ1) is 17.6. The van der Waals surface area contributed by atoms with Crippen molar-refractivity contribution in [3.8, 4) is 0 Å². The molecule has 0 heterocycles. The molecule has 11 atom stereocenters. The average Bonchev–Trinajstić information content (AvgIpc) is 2.84. The average molecular weight is 529 g/mol. The number of carbonyl (C=O) groups is 2. The summed E-state index contributed by atoms with van der Waals surface area (Å²) in [6.45, 7) is 18.1. The molecule has 1 N–H and O–H groups in total. The normalized spacial score (nSPS) is 51.3. The third-order valence-corrected chi connectivity index (χ3v) is 13.9. The van der Waals surface area contributed by atoms with Gasteiger partial charge in [0.05, 0.1) is 18.6 Å². The van der Waals surface area contributed by atoms with Crippen molar-refractivity contribution < 1.29 is 24.2 Å². The fourth-order valence-corrected chi connectivity index (χ4v) is 11.5. The van der Waals surface area contributed by atoms with Crippen molar-refractivity contribution in [2.45, 2.75) is 119 Å². The maximum absolute atomic E-state index is 13.5. The number of methoxy groups -OCH3 is 1. The van der Waals surface area contributed by atoms with Crippen LogP contribution in [0.3, 0.4) is 0 Å². The maximum atomic E-state index is 13.5. The molecule has 4 saturated carbocycles. The highest BCUT2D eigenvalue weighted by Gasteiger charge is 2.72. The lowest BCUT2D eigenvalue weighted by Gasteiger charge is -2.72. The van der Waals surface area contributed by atoms with Crippen LogP contribution in [0, 0.1) is 56.7 Å². The lowest BCUT2D eigenvalue weighted by molar-refractivity contribution is -0.231. The number of aliphatic hydroxyl groups is 1. The van der Waals surface area contributed by atoms with Gasteiger partial charge in [-0.3, -0.25) is 9.59 Å². The Bertz CT molecular complexity index is 1030. The van der Waals surface area contributed by atoms with Crippen molar-refractivity contribution in [3.63, 3.8) is 0 Å². The number of allylic oxidation sites excluding steroid dienone is 1. The minimum atomic E-state index is -0.625. The number of aliphatic hydroxyl groups excluding tert-OH is 1. The molecule has 214 valence electrons. The summed E-state index contributed by atoms with van der Waals surface area (Å²) in [4.78, 5) is 25.4. The molecule has 0 spiro atoms. The quantitative estimate of drug-likeness (QED) is 0.318. The lowest BCUT2D eigenvalue weighted by Crippen LogP contribution is -2.69. The van der Waals surface area contributed by atoms with Crippen molar-refractivity contribution in [2.75, 3.05) is 7.11 Å². The molecule has 5 aliphatic rings. The Hall–Kier alpha value is -1.36. The van der Waals surface area contributed by atoms with E-state index in [-0.39, 0.29) is 45.6 Å². The van der Waals surface area contributed by atoms with Crippen molar-refractivity contribution in [1.82, 2.24) is 0 Å². The molecule has 0 aromatic carbocycles. The van der Waals surface area contributed by atoms with E-state index in [0.717, 1.165) is 44.9 Å². The molecule has 0 aromatic rings. The molecule has 5 aliphatic carbocycles. The molecule has 0 saturated heterocycles. The first-order valence-corrected chi connectivity index (χ1v) is 15.3. The SMILES string of the molecule is COC(=O)[C@]12CC[C@H](C)[C@H](C)[C@H]1C1=CCC3[C@@]4(C)CC[C@H](OC(C)=O)C(C)(C)C4CC[C@@]3(C)[C@@]1(C)[C@H](O)C2. The number of hydrogen-bond donors (Lipinski definition) is 1. The molecule has 2 unspecified atom stereocenters. The molecule has 4 fully saturated rings. The molecule has 0 bridgehead atoms. The van der Waals surface area contributed by atoms with Crippen molar-refractivity contribution >= 4 is 11.9 Å². The molecule has 5 nitrogen and oxygen atoms in total. The van der Waals surface area contributed by atoms with Gasteiger partial charge in [0.2, 0.25) is 0 Å². The van der Waals surface area contributed by atoms with Gasteiger partial charge < -0.3 is 14.6 Å². The molecular formula is C33H52O5. The standard InChI is InChI=1S/C33H52O5/c1-19-12-17-33(28(36)37-9)18-25(35)32(8)22(27(33)20(19)2)10-11-24-30(6)15-14-26(38-21(3)34)29(4,5)23(30)13-16-31(24,32)7/h10,19-20,23-27,35H,11-18H2,1-9H3/t19-,20-,23?,24?,25+,26-,27-,30-,31+,32+,33-/m0/s1. The third kappa shape index (κ3) is 3.38. The first kappa shape index (κ1) is 28.2. The predicted molar refractivity (Wildman–Crippen MR) is 148 cm³/mol. The summed E-state index contributed by atoms with van der Waals surface area (Å²) >= 11 is 0. The molecule has 0 aromatic heterocycles. The van der Waals surface area contributed by atoms with Crippen molar-refractivity contribution in [2.24, 2.45) is 56.7 Å². The fourth-order valence-electron chi connectivity index (χ4n) is 11.5. The van der Waals surface area contributed by atoms with E-state index >= 15 is 0 Å². The van der Waals surface area contributed by atoms with Crippen LogP contribution in [0.2, 0.25) is 0 Å². The number of fused-ring (bicyclic) bond motifs is 7. The van der Waals surface area contributed by atoms with Gasteiger partial charge in [-0.25, -0.2) is 0 Å². The second-order valence-electron chi connectivity index (χ2n) is 15.3. The van der Waals surface area contributed by atoms with Gasteiger partial charge in [-0.05, 0) is 91.8 Å².